The van der Waals surface area contributed by atoms with Gasteiger partial charge in [-0.3, -0.25) is 9.48 Å². The van der Waals surface area contributed by atoms with Gasteiger partial charge in [0.05, 0.1) is 0 Å². The summed E-state index contributed by atoms with van der Waals surface area (Å²) in [4.78, 5) is 11.0. The standard InChI is InChI=1S/C8H11N3O/c1-3-4-8(12)9-7-5-6-11(2)10-7/h3-6H,1-2H3,(H,9,10,12). The largest absolute Gasteiger partial charge is 0.306 e. The van der Waals surface area contributed by atoms with Gasteiger partial charge in [-0.1, -0.05) is 6.08 Å². The van der Waals surface area contributed by atoms with E-state index < -0.39 is 0 Å². The van der Waals surface area contributed by atoms with Gasteiger partial charge in [-0.15, -0.1) is 0 Å². The number of anilines is 1. The Kier molecular flexibility index (Phi) is 2.63. The molecule has 0 aliphatic rings. The SMILES string of the molecule is CC=CC(=O)Nc1ccn(C)n1. The van der Waals surface area contributed by atoms with Crippen LogP contribution in [-0.2, 0) is 11.8 Å². The maximum Gasteiger partial charge on any atom is 0.249 e. The maximum atomic E-state index is 11.0. The summed E-state index contributed by atoms with van der Waals surface area (Å²) in [6.07, 6.45) is 4.90. The number of hydrogen-bond acceptors (Lipinski definition) is 2. The summed E-state index contributed by atoms with van der Waals surface area (Å²) in [5, 5.41) is 6.59. The zero-order chi connectivity index (χ0) is 8.97. The first kappa shape index (κ1) is 8.52. The summed E-state index contributed by atoms with van der Waals surface area (Å²) in [5.41, 5.74) is 0. The number of hydrogen-bond donors (Lipinski definition) is 1. The first-order valence-corrected chi connectivity index (χ1v) is 3.65. The van der Waals surface area contributed by atoms with Crippen molar-refractivity contribution in [2.24, 2.45) is 7.05 Å². The Morgan fingerprint density at radius 3 is 3.00 bits per heavy atom. The second-order valence-electron chi connectivity index (χ2n) is 2.36. The van der Waals surface area contributed by atoms with E-state index >= 15 is 0 Å². The molecule has 1 aromatic heterocycles. The van der Waals surface area contributed by atoms with Gasteiger partial charge in [-0.25, -0.2) is 0 Å². The fourth-order valence-electron chi connectivity index (χ4n) is 0.801. The predicted octanol–water partition coefficient (Wildman–Crippen LogP) is 0.935. The number of aromatic nitrogens is 2. The van der Waals surface area contributed by atoms with Gasteiger partial charge < -0.3 is 5.32 Å². The van der Waals surface area contributed by atoms with Crippen LogP contribution in [0.25, 0.3) is 0 Å². The number of nitrogens with zero attached hydrogens (tertiary/aromatic N) is 2. The molecule has 1 aromatic rings. The number of rotatable bonds is 2. The molecule has 0 radical (unpaired) electrons. The van der Waals surface area contributed by atoms with Gasteiger partial charge in [0, 0.05) is 19.3 Å². The summed E-state index contributed by atoms with van der Waals surface area (Å²) < 4.78 is 1.63. The lowest BCUT2D eigenvalue weighted by atomic mass is 10.5. The summed E-state index contributed by atoms with van der Waals surface area (Å²) >= 11 is 0. The van der Waals surface area contributed by atoms with Gasteiger partial charge in [-0.05, 0) is 13.0 Å². The monoisotopic (exact) mass is 165 g/mol. The van der Waals surface area contributed by atoms with Crippen LogP contribution in [0.2, 0.25) is 0 Å². The van der Waals surface area contributed by atoms with Crippen LogP contribution in [0.15, 0.2) is 24.4 Å². The molecule has 64 valence electrons. The summed E-state index contributed by atoms with van der Waals surface area (Å²) in [5.74, 6) is 0.414. The minimum absolute atomic E-state index is 0.156. The van der Waals surface area contributed by atoms with Crippen molar-refractivity contribution >= 4 is 11.7 Å². The van der Waals surface area contributed by atoms with Crippen molar-refractivity contribution in [1.29, 1.82) is 0 Å². The lowest BCUT2D eigenvalue weighted by molar-refractivity contribution is -0.111. The molecule has 0 bridgehead atoms. The van der Waals surface area contributed by atoms with Crippen LogP contribution >= 0.6 is 0 Å². The molecule has 1 amide bonds. The van der Waals surface area contributed by atoms with Crippen LogP contribution in [0.5, 0.6) is 0 Å². The average Bonchev–Trinajstić information content (AvgIpc) is 2.36. The third-order valence-corrected chi connectivity index (χ3v) is 1.28. The van der Waals surface area contributed by atoms with Crippen molar-refractivity contribution in [3.63, 3.8) is 0 Å². The molecule has 0 aliphatic carbocycles. The molecule has 0 atom stereocenters. The van der Waals surface area contributed by atoms with Crippen LogP contribution in [0.4, 0.5) is 5.82 Å². The van der Waals surface area contributed by atoms with Crippen LogP contribution in [-0.4, -0.2) is 15.7 Å². The van der Waals surface area contributed by atoms with Crippen LogP contribution < -0.4 is 5.32 Å². The van der Waals surface area contributed by atoms with Gasteiger partial charge in [0.15, 0.2) is 5.82 Å². The quantitative estimate of drug-likeness (QED) is 0.663. The molecule has 0 aliphatic heterocycles. The van der Waals surface area contributed by atoms with Crippen LogP contribution in [0.3, 0.4) is 0 Å². The van der Waals surface area contributed by atoms with Gasteiger partial charge in [0.2, 0.25) is 5.91 Å². The summed E-state index contributed by atoms with van der Waals surface area (Å²) in [7, 11) is 1.80. The highest BCUT2D eigenvalue weighted by molar-refractivity contribution is 5.98. The first-order chi connectivity index (χ1) is 5.72. The Labute approximate surface area is 70.9 Å². The van der Waals surface area contributed by atoms with Crippen LogP contribution in [0.1, 0.15) is 6.92 Å². The van der Waals surface area contributed by atoms with E-state index in [4.69, 9.17) is 0 Å². The highest BCUT2D eigenvalue weighted by Gasteiger charge is 1.98. The Hall–Kier alpha value is -1.58. The number of nitrogens with one attached hydrogen (secondary N) is 1. The second kappa shape index (κ2) is 3.71. The zero-order valence-corrected chi connectivity index (χ0v) is 7.11. The van der Waals surface area contributed by atoms with E-state index in [2.05, 4.69) is 10.4 Å². The van der Waals surface area contributed by atoms with E-state index in [1.54, 1.807) is 37.0 Å². The molecule has 4 nitrogen and oxygen atoms in total. The molecule has 12 heavy (non-hydrogen) atoms. The van der Waals surface area contributed by atoms with E-state index in [0.29, 0.717) is 5.82 Å². The minimum atomic E-state index is -0.156. The number of carbonyl (C=O) groups excluding carboxylic acids is 1. The van der Waals surface area contributed by atoms with Crippen molar-refractivity contribution in [1.82, 2.24) is 9.78 Å². The molecular formula is C8H11N3O. The van der Waals surface area contributed by atoms with Gasteiger partial charge >= 0.3 is 0 Å². The second-order valence-corrected chi connectivity index (χ2v) is 2.36. The zero-order valence-electron chi connectivity index (χ0n) is 7.11. The Morgan fingerprint density at radius 1 is 1.75 bits per heavy atom. The molecular weight excluding hydrogens is 154 g/mol. The molecule has 0 aromatic carbocycles. The fourth-order valence-corrected chi connectivity index (χ4v) is 0.801. The van der Waals surface area contributed by atoms with Crippen molar-refractivity contribution in [3.05, 3.63) is 24.4 Å². The predicted molar refractivity (Wildman–Crippen MR) is 46.7 cm³/mol. The van der Waals surface area contributed by atoms with Crippen molar-refractivity contribution in [2.45, 2.75) is 6.92 Å². The van der Waals surface area contributed by atoms with E-state index in [9.17, 15) is 4.79 Å². The van der Waals surface area contributed by atoms with Gasteiger partial charge in [0.25, 0.3) is 0 Å². The third-order valence-electron chi connectivity index (χ3n) is 1.28. The molecule has 4 heteroatoms. The number of carbonyl (C=O) groups is 1. The van der Waals surface area contributed by atoms with Gasteiger partial charge in [-0.2, -0.15) is 5.10 Å². The molecule has 0 saturated carbocycles. The third kappa shape index (κ3) is 2.23. The normalized spacial score (nSPS) is 10.5. The first-order valence-electron chi connectivity index (χ1n) is 3.65. The summed E-state index contributed by atoms with van der Waals surface area (Å²) in [6, 6.07) is 1.74. The lowest BCUT2D eigenvalue weighted by Gasteiger charge is -1.94. The van der Waals surface area contributed by atoms with Crippen molar-refractivity contribution < 1.29 is 4.79 Å². The Balaban J connectivity index is 2.58. The molecule has 0 unspecified atom stereocenters. The lowest BCUT2D eigenvalue weighted by Crippen LogP contribution is -2.08. The van der Waals surface area contributed by atoms with E-state index in [-0.39, 0.29) is 5.91 Å². The highest BCUT2D eigenvalue weighted by atomic mass is 16.1. The van der Waals surface area contributed by atoms with E-state index in [1.807, 2.05) is 0 Å². The molecule has 1 rings (SSSR count). The minimum Gasteiger partial charge on any atom is -0.306 e. The molecule has 1 N–H and O–H groups in total. The molecule has 0 saturated heterocycles. The van der Waals surface area contributed by atoms with E-state index in [0.717, 1.165) is 0 Å². The van der Waals surface area contributed by atoms with Crippen molar-refractivity contribution in [2.75, 3.05) is 5.32 Å². The topological polar surface area (TPSA) is 46.9 Å². The van der Waals surface area contributed by atoms with Crippen molar-refractivity contribution in [3.8, 4) is 0 Å². The maximum absolute atomic E-state index is 11.0. The Morgan fingerprint density at radius 2 is 2.50 bits per heavy atom. The number of allylic oxidation sites excluding steroid dienone is 1. The Bertz CT molecular complexity index is 301. The van der Waals surface area contributed by atoms with Gasteiger partial charge in [0.1, 0.15) is 0 Å². The molecule has 0 fully saturated rings. The highest BCUT2D eigenvalue weighted by Crippen LogP contribution is 2.00. The molecule has 1 heterocycles. The smallest absolute Gasteiger partial charge is 0.249 e. The number of aryl methyl sites for hydroxylation is 1. The average molecular weight is 165 g/mol. The number of amides is 1. The fraction of sp³-hybridized carbons (Fsp3) is 0.250. The molecule has 0 spiro atoms. The van der Waals surface area contributed by atoms with E-state index in [1.165, 1.54) is 6.08 Å². The summed E-state index contributed by atoms with van der Waals surface area (Å²) in [6.45, 7) is 1.79. The van der Waals surface area contributed by atoms with Crippen LogP contribution in [0, 0.1) is 0 Å².